The molecule has 0 bridgehead atoms. The van der Waals surface area contributed by atoms with E-state index >= 15 is 0 Å². The van der Waals surface area contributed by atoms with Crippen molar-refractivity contribution in [1.29, 1.82) is 0 Å². The van der Waals surface area contributed by atoms with Crippen LogP contribution in [-0.4, -0.2) is 41.7 Å². The van der Waals surface area contributed by atoms with Gasteiger partial charge in [0.05, 0.1) is 11.5 Å². The van der Waals surface area contributed by atoms with Crippen LogP contribution in [0.15, 0.2) is 42.6 Å². The number of nitrogens with zero attached hydrogens (tertiary/aromatic N) is 2. The predicted octanol–water partition coefficient (Wildman–Crippen LogP) is 0.836. The van der Waals surface area contributed by atoms with Gasteiger partial charge in [-0.05, 0) is 24.6 Å². The van der Waals surface area contributed by atoms with Crippen LogP contribution in [0.2, 0.25) is 0 Å². The molecule has 1 atom stereocenters. The van der Waals surface area contributed by atoms with Gasteiger partial charge < -0.3 is 10.1 Å². The van der Waals surface area contributed by atoms with Crippen LogP contribution < -0.4 is 10.1 Å². The lowest BCUT2D eigenvalue weighted by atomic mass is 10.2. The summed E-state index contributed by atoms with van der Waals surface area (Å²) >= 11 is 0. The zero-order valence-corrected chi connectivity index (χ0v) is 13.2. The van der Waals surface area contributed by atoms with Gasteiger partial charge in [-0.15, -0.1) is 0 Å². The molecule has 2 heterocycles. The minimum atomic E-state index is -3.02. The molecule has 8 heteroatoms. The molecule has 1 aliphatic heterocycles. The highest BCUT2D eigenvalue weighted by Crippen LogP contribution is 2.12. The summed E-state index contributed by atoms with van der Waals surface area (Å²) in [4.78, 5) is 12.1. The summed E-state index contributed by atoms with van der Waals surface area (Å²) in [5.41, 5.74) is 0.242. The van der Waals surface area contributed by atoms with Gasteiger partial charge in [0.15, 0.2) is 16.6 Å². The molecule has 1 fully saturated rings. The van der Waals surface area contributed by atoms with E-state index in [4.69, 9.17) is 4.74 Å². The number of sulfone groups is 1. The van der Waals surface area contributed by atoms with Crippen molar-refractivity contribution in [3.05, 3.63) is 48.3 Å². The Labute approximate surface area is 134 Å². The molecule has 3 rings (SSSR count). The van der Waals surface area contributed by atoms with E-state index in [2.05, 4.69) is 10.4 Å². The van der Waals surface area contributed by atoms with Gasteiger partial charge in [-0.1, -0.05) is 18.2 Å². The summed E-state index contributed by atoms with van der Waals surface area (Å²) in [6.45, 7) is 0.190. The second-order valence-corrected chi connectivity index (χ2v) is 7.63. The monoisotopic (exact) mass is 335 g/mol. The molecule has 0 radical (unpaired) electrons. The van der Waals surface area contributed by atoms with E-state index in [-0.39, 0.29) is 35.9 Å². The molecule has 1 unspecified atom stereocenters. The molecule has 122 valence electrons. The molecular weight excluding hydrogens is 318 g/mol. The van der Waals surface area contributed by atoms with E-state index in [1.807, 2.05) is 30.3 Å². The SMILES string of the molecule is O=C(NC1CCS(=O)(=O)C1)c1ccn(COc2ccccc2)n1. The quantitative estimate of drug-likeness (QED) is 0.874. The van der Waals surface area contributed by atoms with E-state index in [9.17, 15) is 13.2 Å². The van der Waals surface area contributed by atoms with Crippen LogP contribution in [0.5, 0.6) is 5.75 Å². The van der Waals surface area contributed by atoms with E-state index in [1.165, 1.54) is 4.68 Å². The van der Waals surface area contributed by atoms with Crippen molar-refractivity contribution in [2.45, 2.75) is 19.2 Å². The largest absolute Gasteiger partial charge is 0.471 e. The Morgan fingerprint density at radius 3 is 2.78 bits per heavy atom. The predicted molar refractivity (Wildman–Crippen MR) is 83.8 cm³/mol. The Morgan fingerprint density at radius 2 is 2.09 bits per heavy atom. The molecule has 1 aliphatic rings. The van der Waals surface area contributed by atoms with Gasteiger partial charge in [-0.25, -0.2) is 13.1 Å². The summed E-state index contributed by atoms with van der Waals surface area (Å²) < 4.78 is 29.8. The zero-order valence-electron chi connectivity index (χ0n) is 12.4. The summed E-state index contributed by atoms with van der Waals surface area (Å²) in [6.07, 6.45) is 2.09. The van der Waals surface area contributed by atoms with Crippen LogP contribution in [0.25, 0.3) is 0 Å². The third-order valence-corrected chi connectivity index (χ3v) is 5.32. The van der Waals surface area contributed by atoms with E-state index in [0.29, 0.717) is 12.2 Å². The molecule has 1 N–H and O–H groups in total. The van der Waals surface area contributed by atoms with Gasteiger partial charge in [-0.3, -0.25) is 4.79 Å². The minimum Gasteiger partial charge on any atom is -0.471 e. The first-order valence-electron chi connectivity index (χ1n) is 7.24. The number of carbonyl (C=O) groups is 1. The molecule has 0 saturated carbocycles. The summed E-state index contributed by atoms with van der Waals surface area (Å²) in [5.74, 6) is 0.462. The lowest BCUT2D eigenvalue weighted by Crippen LogP contribution is -2.35. The number of nitrogens with one attached hydrogen (secondary N) is 1. The maximum Gasteiger partial charge on any atom is 0.272 e. The number of amides is 1. The number of aromatic nitrogens is 2. The number of ether oxygens (including phenoxy) is 1. The van der Waals surface area contributed by atoms with Crippen LogP contribution >= 0.6 is 0 Å². The Balaban J connectivity index is 1.55. The first kappa shape index (κ1) is 15.5. The number of carbonyl (C=O) groups excluding carboxylic acids is 1. The van der Waals surface area contributed by atoms with Gasteiger partial charge in [0.2, 0.25) is 0 Å². The molecule has 1 aromatic carbocycles. The van der Waals surface area contributed by atoms with Crippen molar-refractivity contribution in [3.8, 4) is 5.75 Å². The second-order valence-electron chi connectivity index (χ2n) is 5.40. The van der Waals surface area contributed by atoms with E-state index in [1.54, 1.807) is 12.3 Å². The summed E-state index contributed by atoms with van der Waals surface area (Å²) in [5, 5.41) is 6.84. The fourth-order valence-electron chi connectivity index (χ4n) is 2.38. The normalized spacial score (nSPS) is 19.4. The Hall–Kier alpha value is -2.35. The van der Waals surface area contributed by atoms with Gasteiger partial charge >= 0.3 is 0 Å². The second kappa shape index (κ2) is 6.41. The fraction of sp³-hybridized carbons (Fsp3) is 0.333. The number of benzene rings is 1. The Bertz CT molecular complexity index is 786. The highest BCUT2D eigenvalue weighted by Gasteiger charge is 2.29. The first-order chi connectivity index (χ1) is 11.0. The van der Waals surface area contributed by atoms with Crippen molar-refractivity contribution < 1.29 is 17.9 Å². The smallest absolute Gasteiger partial charge is 0.272 e. The maximum absolute atomic E-state index is 12.1. The van der Waals surface area contributed by atoms with Crippen molar-refractivity contribution in [3.63, 3.8) is 0 Å². The van der Waals surface area contributed by atoms with Gasteiger partial charge in [0.1, 0.15) is 11.4 Å². The fourth-order valence-corrected chi connectivity index (χ4v) is 4.05. The third kappa shape index (κ3) is 4.10. The van der Waals surface area contributed by atoms with Crippen LogP contribution in [0, 0.1) is 0 Å². The standard InChI is InChI=1S/C15H17N3O4S/c19-15(16-12-7-9-23(20,21)10-12)14-6-8-18(17-14)11-22-13-4-2-1-3-5-13/h1-6,8,12H,7,9-11H2,(H,16,19). The zero-order chi connectivity index (χ0) is 16.3. The van der Waals surface area contributed by atoms with Crippen LogP contribution in [-0.2, 0) is 16.6 Å². The number of hydrogen-bond donors (Lipinski definition) is 1. The molecule has 1 aromatic heterocycles. The van der Waals surface area contributed by atoms with E-state index < -0.39 is 9.84 Å². The molecule has 0 aliphatic carbocycles. The first-order valence-corrected chi connectivity index (χ1v) is 9.06. The van der Waals surface area contributed by atoms with E-state index in [0.717, 1.165) is 0 Å². The highest BCUT2D eigenvalue weighted by molar-refractivity contribution is 7.91. The number of hydrogen-bond acceptors (Lipinski definition) is 5. The molecule has 2 aromatic rings. The number of para-hydroxylation sites is 1. The van der Waals surface area contributed by atoms with Crippen molar-refractivity contribution in [2.24, 2.45) is 0 Å². The molecular formula is C15H17N3O4S. The lowest BCUT2D eigenvalue weighted by Gasteiger charge is -2.09. The molecule has 1 saturated heterocycles. The average Bonchev–Trinajstić information content (AvgIpc) is 3.13. The van der Waals surface area contributed by atoms with Crippen LogP contribution in [0.1, 0.15) is 16.9 Å². The number of rotatable bonds is 5. The maximum atomic E-state index is 12.1. The third-order valence-electron chi connectivity index (χ3n) is 3.55. The minimum absolute atomic E-state index is 0.00341. The van der Waals surface area contributed by atoms with Crippen molar-refractivity contribution >= 4 is 15.7 Å². The lowest BCUT2D eigenvalue weighted by molar-refractivity contribution is 0.0934. The van der Waals surface area contributed by atoms with Crippen LogP contribution in [0.4, 0.5) is 0 Å². The van der Waals surface area contributed by atoms with Gasteiger partial charge in [0.25, 0.3) is 5.91 Å². The highest BCUT2D eigenvalue weighted by atomic mass is 32.2. The summed E-state index contributed by atoms with van der Waals surface area (Å²) in [7, 11) is -3.02. The molecule has 7 nitrogen and oxygen atoms in total. The summed E-state index contributed by atoms with van der Waals surface area (Å²) in [6, 6.07) is 10.5. The molecule has 0 spiro atoms. The van der Waals surface area contributed by atoms with Crippen molar-refractivity contribution in [2.75, 3.05) is 11.5 Å². The molecule has 23 heavy (non-hydrogen) atoms. The Morgan fingerprint density at radius 1 is 1.30 bits per heavy atom. The average molecular weight is 335 g/mol. The Kier molecular flexibility index (Phi) is 4.33. The topological polar surface area (TPSA) is 90.3 Å². The van der Waals surface area contributed by atoms with Crippen LogP contribution in [0.3, 0.4) is 0 Å². The van der Waals surface area contributed by atoms with Gasteiger partial charge in [-0.2, -0.15) is 5.10 Å². The van der Waals surface area contributed by atoms with Gasteiger partial charge in [0, 0.05) is 12.2 Å². The van der Waals surface area contributed by atoms with Crippen molar-refractivity contribution in [1.82, 2.24) is 15.1 Å². The molecule has 1 amide bonds.